The van der Waals surface area contributed by atoms with Gasteiger partial charge in [-0.25, -0.2) is 0 Å². The molecule has 2 rings (SSSR count). The smallest absolute Gasteiger partial charge is 0.251 e. The van der Waals surface area contributed by atoms with E-state index in [0.717, 1.165) is 11.1 Å². The molecule has 4 heteroatoms. The summed E-state index contributed by atoms with van der Waals surface area (Å²) in [6.07, 6.45) is 3.53. The molecule has 3 N–H and O–H groups in total. The average molecular weight is 241 g/mol. The molecule has 0 aliphatic heterocycles. The van der Waals surface area contributed by atoms with E-state index in [1.54, 1.807) is 24.5 Å². The monoisotopic (exact) mass is 241 g/mol. The van der Waals surface area contributed by atoms with Crippen LogP contribution < -0.4 is 11.1 Å². The summed E-state index contributed by atoms with van der Waals surface area (Å²) in [5, 5.41) is 2.73. The van der Waals surface area contributed by atoms with Gasteiger partial charge in [0.1, 0.15) is 0 Å². The Kier molecular flexibility index (Phi) is 4.04. The summed E-state index contributed by atoms with van der Waals surface area (Å²) in [5.74, 6) is -0.0989. The van der Waals surface area contributed by atoms with Crippen molar-refractivity contribution >= 4 is 5.91 Å². The fraction of sp³-hybridized carbons (Fsp3) is 0.143. The van der Waals surface area contributed by atoms with Crippen molar-refractivity contribution in [2.24, 2.45) is 5.73 Å². The largest absolute Gasteiger partial charge is 0.351 e. The van der Waals surface area contributed by atoms with Crippen molar-refractivity contribution in [1.29, 1.82) is 0 Å². The summed E-state index contributed by atoms with van der Waals surface area (Å²) < 4.78 is 0. The van der Waals surface area contributed by atoms with Gasteiger partial charge in [-0.2, -0.15) is 0 Å². The Morgan fingerprint density at radius 1 is 1.17 bits per heavy atom. The number of nitrogens with one attached hydrogen (secondary N) is 1. The molecule has 18 heavy (non-hydrogen) atoms. The number of hydrogen-bond donors (Lipinski definition) is 2. The van der Waals surface area contributed by atoms with Crippen molar-refractivity contribution < 1.29 is 4.79 Å². The summed E-state index contributed by atoms with van der Waals surface area (Å²) in [6, 6.07) is 11.3. The highest BCUT2D eigenvalue weighted by Crippen LogP contribution is 2.18. The van der Waals surface area contributed by atoms with Gasteiger partial charge in [0.15, 0.2) is 0 Å². The maximum absolute atomic E-state index is 11.7. The fourth-order valence-electron chi connectivity index (χ4n) is 1.64. The SMILES string of the molecule is NCCNC(=O)c1ccc(-c2cccnc2)cc1. The molecule has 92 valence electrons. The molecule has 0 aliphatic rings. The van der Waals surface area contributed by atoms with Crippen LogP contribution in [0, 0.1) is 0 Å². The van der Waals surface area contributed by atoms with Crippen LogP contribution >= 0.6 is 0 Å². The van der Waals surface area contributed by atoms with Crippen LogP contribution in [-0.2, 0) is 0 Å². The molecule has 0 saturated heterocycles. The molecule has 0 spiro atoms. The Hall–Kier alpha value is -2.20. The van der Waals surface area contributed by atoms with Crippen molar-refractivity contribution in [2.45, 2.75) is 0 Å². The van der Waals surface area contributed by atoms with Crippen molar-refractivity contribution in [3.8, 4) is 11.1 Å². The van der Waals surface area contributed by atoms with E-state index in [4.69, 9.17) is 5.73 Å². The summed E-state index contributed by atoms with van der Waals surface area (Å²) in [4.78, 5) is 15.7. The van der Waals surface area contributed by atoms with Gasteiger partial charge in [-0.15, -0.1) is 0 Å². The number of benzene rings is 1. The lowest BCUT2D eigenvalue weighted by molar-refractivity contribution is 0.0955. The first-order valence-corrected chi connectivity index (χ1v) is 5.80. The second-order valence-corrected chi connectivity index (χ2v) is 3.86. The third-order valence-electron chi connectivity index (χ3n) is 2.57. The maximum Gasteiger partial charge on any atom is 0.251 e. The predicted molar refractivity (Wildman–Crippen MR) is 71.1 cm³/mol. The van der Waals surface area contributed by atoms with E-state index < -0.39 is 0 Å². The van der Waals surface area contributed by atoms with Crippen LogP contribution in [-0.4, -0.2) is 24.0 Å². The summed E-state index contributed by atoms with van der Waals surface area (Å²) in [7, 11) is 0. The fourth-order valence-corrected chi connectivity index (χ4v) is 1.64. The maximum atomic E-state index is 11.7. The van der Waals surface area contributed by atoms with Gasteiger partial charge in [-0.05, 0) is 29.3 Å². The molecule has 1 amide bonds. The lowest BCUT2D eigenvalue weighted by Gasteiger charge is -2.05. The molecule has 1 heterocycles. The summed E-state index contributed by atoms with van der Waals surface area (Å²) in [5.41, 5.74) is 8.04. The number of aromatic nitrogens is 1. The first-order valence-electron chi connectivity index (χ1n) is 5.80. The Bertz CT molecular complexity index is 508. The summed E-state index contributed by atoms with van der Waals surface area (Å²) >= 11 is 0. The molecule has 0 bridgehead atoms. The molecule has 2 aromatic rings. The molecule has 4 nitrogen and oxygen atoms in total. The van der Waals surface area contributed by atoms with Gasteiger partial charge in [0.2, 0.25) is 0 Å². The molecular formula is C14H15N3O. The first kappa shape index (κ1) is 12.3. The first-order chi connectivity index (χ1) is 8.81. The number of nitrogens with two attached hydrogens (primary N) is 1. The quantitative estimate of drug-likeness (QED) is 0.851. The van der Waals surface area contributed by atoms with E-state index in [-0.39, 0.29) is 5.91 Å². The topological polar surface area (TPSA) is 68.0 Å². The second kappa shape index (κ2) is 5.93. The van der Waals surface area contributed by atoms with Crippen molar-refractivity contribution in [3.05, 3.63) is 54.4 Å². The minimum absolute atomic E-state index is 0.0989. The number of hydrogen-bond acceptors (Lipinski definition) is 3. The van der Waals surface area contributed by atoms with Gasteiger partial charge in [0.05, 0.1) is 0 Å². The van der Waals surface area contributed by atoms with Crippen LogP contribution in [0.2, 0.25) is 0 Å². The van der Waals surface area contributed by atoms with Crippen molar-refractivity contribution in [3.63, 3.8) is 0 Å². The van der Waals surface area contributed by atoms with Crippen molar-refractivity contribution in [2.75, 3.05) is 13.1 Å². The highest BCUT2D eigenvalue weighted by atomic mass is 16.1. The van der Waals surface area contributed by atoms with E-state index >= 15 is 0 Å². The minimum atomic E-state index is -0.0989. The van der Waals surface area contributed by atoms with E-state index in [1.165, 1.54) is 0 Å². The van der Waals surface area contributed by atoms with Crippen LogP contribution in [0.4, 0.5) is 0 Å². The Morgan fingerprint density at radius 2 is 1.94 bits per heavy atom. The van der Waals surface area contributed by atoms with Crippen LogP contribution in [0.5, 0.6) is 0 Å². The Morgan fingerprint density at radius 3 is 2.56 bits per heavy atom. The van der Waals surface area contributed by atoms with Gasteiger partial charge in [0, 0.05) is 31.0 Å². The predicted octanol–water partition coefficient (Wildman–Crippen LogP) is 1.44. The van der Waals surface area contributed by atoms with Crippen LogP contribution in [0.3, 0.4) is 0 Å². The Balaban J connectivity index is 2.13. The zero-order chi connectivity index (χ0) is 12.8. The molecule has 0 atom stereocenters. The highest BCUT2D eigenvalue weighted by Gasteiger charge is 2.04. The van der Waals surface area contributed by atoms with E-state index in [2.05, 4.69) is 10.3 Å². The Labute approximate surface area is 106 Å². The van der Waals surface area contributed by atoms with Gasteiger partial charge in [-0.3, -0.25) is 9.78 Å². The zero-order valence-electron chi connectivity index (χ0n) is 9.97. The normalized spacial score (nSPS) is 10.1. The third kappa shape index (κ3) is 2.93. The second-order valence-electron chi connectivity index (χ2n) is 3.86. The lowest BCUT2D eigenvalue weighted by atomic mass is 10.1. The van der Waals surface area contributed by atoms with Gasteiger partial charge in [-0.1, -0.05) is 18.2 Å². The molecule has 1 aromatic heterocycles. The number of rotatable bonds is 4. The number of amides is 1. The van der Waals surface area contributed by atoms with E-state index in [1.807, 2.05) is 24.3 Å². The molecule has 0 fully saturated rings. The van der Waals surface area contributed by atoms with E-state index in [0.29, 0.717) is 18.7 Å². The average Bonchev–Trinajstić information content (AvgIpc) is 2.46. The zero-order valence-corrected chi connectivity index (χ0v) is 9.97. The number of carbonyl (C=O) groups excluding carboxylic acids is 1. The third-order valence-corrected chi connectivity index (χ3v) is 2.57. The molecule has 0 unspecified atom stereocenters. The summed E-state index contributed by atoms with van der Waals surface area (Å²) in [6.45, 7) is 0.933. The lowest BCUT2D eigenvalue weighted by Crippen LogP contribution is -2.28. The van der Waals surface area contributed by atoms with E-state index in [9.17, 15) is 4.79 Å². The number of nitrogens with zero attached hydrogens (tertiary/aromatic N) is 1. The van der Waals surface area contributed by atoms with Crippen LogP contribution in [0.1, 0.15) is 10.4 Å². The highest BCUT2D eigenvalue weighted by molar-refractivity contribution is 5.94. The van der Waals surface area contributed by atoms with Gasteiger partial charge in [0.25, 0.3) is 5.91 Å². The minimum Gasteiger partial charge on any atom is -0.351 e. The van der Waals surface area contributed by atoms with Crippen LogP contribution in [0.15, 0.2) is 48.8 Å². The molecule has 0 aliphatic carbocycles. The van der Waals surface area contributed by atoms with Crippen molar-refractivity contribution in [1.82, 2.24) is 10.3 Å². The molecular weight excluding hydrogens is 226 g/mol. The molecule has 0 radical (unpaired) electrons. The van der Waals surface area contributed by atoms with Gasteiger partial charge < -0.3 is 11.1 Å². The number of carbonyl (C=O) groups is 1. The standard InChI is InChI=1S/C14H15N3O/c15-7-9-17-14(18)12-5-3-11(4-6-12)13-2-1-8-16-10-13/h1-6,8,10H,7,9,15H2,(H,17,18). The number of pyridine rings is 1. The van der Waals surface area contributed by atoms with Crippen LogP contribution in [0.25, 0.3) is 11.1 Å². The molecule has 0 saturated carbocycles. The molecule has 1 aromatic carbocycles. The van der Waals surface area contributed by atoms with Gasteiger partial charge >= 0.3 is 0 Å².